The molecule has 1 N–H and O–H groups in total. The molecular formula is C22H28N2O3. The molecule has 0 saturated carbocycles. The number of amides is 2. The van der Waals surface area contributed by atoms with Gasteiger partial charge in [0, 0.05) is 32.1 Å². The van der Waals surface area contributed by atoms with E-state index < -0.39 is 0 Å². The molecule has 0 heterocycles. The van der Waals surface area contributed by atoms with Gasteiger partial charge in [0.2, 0.25) is 11.8 Å². The van der Waals surface area contributed by atoms with Gasteiger partial charge in [-0.2, -0.15) is 0 Å². The minimum atomic E-state index is -0.103. The summed E-state index contributed by atoms with van der Waals surface area (Å²) in [5.41, 5.74) is 3.00. The van der Waals surface area contributed by atoms with Crippen molar-refractivity contribution in [3.63, 3.8) is 0 Å². The lowest BCUT2D eigenvalue weighted by atomic mass is 10.0. The number of ether oxygens (including phenoxy) is 1. The molecule has 27 heavy (non-hydrogen) atoms. The van der Waals surface area contributed by atoms with Gasteiger partial charge >= 0.3 is 0 Å². The normalized spacial score (nSPS) is 10.6. The summed E-state index contributed by atoms with van der Waals surface area (Å²) in [5, 5.41) is 2.89. The summed E-state index contributed by atoms with van der Waals surface area (Å²) < 4.78 is 5.14. The average molecular weight is 368 g/mol. The molecule has 0 saturated heterocycles. The second-order valence-corrected chi connectivity index (χ2v) is 6.86. The van der Waals surface area contributed by atoms with E-state index >= 15 is 0 Å². The third-order valence-electron chi connectivity index (χ3n) is 4.45. The molecule has 0 atom stereocenters. The summed E-state index contributed by atoms with van der Waals surface area (Å²) >= 11 is 0. The van der Waals surface area contributed by atoms with Crippen LogP contribution in [0.25, 0.3) is 0 Å². The summed E-state index contributed by atoms with van der Waals surface area (Å²) in [6, 6.07) is 15.4. The van der Waals surface area contributed by atoms with Crippen molar-refractivity contribution in [2.24, 2.45) is 0 Å². The van der Waals surface area contributed by atoms with Crippen LogP contribution in [0.3, 0.4) is 0 Å². The van der Waals surface area contributed by atoms with Crippen molar-refractivity contribution in [2.45, 2.75) is 39.7 Å². The fraction of sp³-hybridized carbons (Fsp3) is 0.364. The molecule has 0 aromatic heterocycles. The number of carbonyl (C=O) groups is 2. The van der Waals surface area contributed by atoms with Crippen LogP contribution in [0, 0.1) is 0 Å². The number of rotatable bonds is 8. The number of nitrogens with one attached hydrogen (secondary N) is 1. The van der Waals surface area contributed by atoms with Crippen LogP contribution in [0.5, 0.6) is 5.75 Å². The van der Waals surface area contributed by atoms with E-state index in [4.69, 9.17) is 4.74 Å². The Kier molecular flexibility index (Phi) is 7.41. The molecule has 0 bridgehead atoms. The molecule has 144 valence electrons. The number of methoxy groups -OCH3 is 1. The standard InChI is InChI=1S/C22H28N2O3/c1-16(2)19-7-9-20(10-8-19)23-22(26)13-14-24(17(3)25)15-18-5-11-21(27-4)12-6-18/h5-12,16H,13-15H2,1-4H3,(H,23,26). The van der Waals surface area contributed by atoms with E-state index in [0.717, 1.165) is 17.0 Å². The molecule has 2 aromatic rings. The second-order valence-electron chi connectivity index (χ2n) is 6.86. The highest BCUT2D eigenvalue weighted by Gasteiger charge is 2.12. The van der Waals surface area contributed by atoms with Gasteiger partial charge in [-0.15, -0.1) is 0 Å². The summed E-state index contributed by atoms with van der Waals surface area (Å²) in [7, 11) is 1.62. The maximum atomic E-state index is 12.2. The van der Waals surface area contributed by atoms with E-state index in [0.29, 0.717) is 19.0 Å². The first kappa shape index (κ1) is 20.5. The summed E-state index contributed by atoms with van der Waals surface area (Å²) in [5.74, 6) is 1.07. The van der Waals surface area contributed by atoms with Crippen LogP contribution in [-0.2, 0) is 16.1 Å². The van der Waals surface area contributed by atoms with Crippen LogP contribution in [-0.4, -0.2) is 30.4 Å². The molecule has 0 radical (unpaired) electrons. The van der Waals surface area contributed by atoms with Gasteiger partial charge in [0.1, 0.15) is 5.75 Å². The van der Waals surface area contributed by atoms with Crippen molar-refractivity contribution in [1.29, 1.82) is 0 Å². The molecule has 0 spiro atoms. The lowest BCUT2D eigenvalue weighted by Gasteiger charge is -2.21. The van der Waals surface area contributed by atoms with Gasteiger partial charge in [-0.25, -0.2) is 0 Å². The predicted octanol–water partition coefficient (Wildman–Crippen LogP) is 4.20. The van der Waals surface area contributed by atoms with E-state index in [1.165, 1.54) is 12.5 Å². The van der Waals surface area contributed by atoms with Crippen molar-refractivity contribution in [1.82, 2.24) is 4.90 Å². The molecule has 0 aliphatic rings. The van der Waals surface area contributed by atoms with Crippen LogP contribution in [0.15, 0.2) is 48.5 Å². The predicted molar refractivity (Wildman–Crippen MR) is 108 cm³/mol. The fourth-order valence-corrected chi connectivity index (χ4v) is 2.71. The number of nitrogens with zero attached hydrogens (tertiary/aromatic N) is 1. The number of anilines is 1. The Hall–Kier alpha value is -2.82. The molecule has 0 unspecified atom stereocenters. The van der Waals surface area contributed by atoms with Crippen LogP contribution in [0.2, 0.25) is 0 Å². The van der Waals surface area contributed by atoms with E-state index in [1.54, 1.807) is 12.0 Å². The van der Waals surface area contributed by atoms with Gasteiger partial charge in [-0.3, -0.25) is 9.59 Å². The Morgan fingerprint density at radius 2 is 1.67 bits per heavy atom. The number of benzene rings is 2. The highest BCUT2D eigenvalue weighted by Crippen LogP contribution is 2.17. The molecule has 5 nitrogen and oxygen atoms in total. The van der Waals surface area contributed by atoms with Gasteiger partial charge in [-0.1, -0.05) is 38.1 Å². The summed E-state index contributed by atoms with van der Waals surface area (Å²) in [4.78, 5) is 25.8. The van der Waals surface area contributed by atoms with E-state index in [2.05, 4.69) is 19.2 Å². The third kappa shape index (κ3) is 6.44. The van der Waals surface area contributed by atoms with Gasteiger partial charge in [0.05, 0.1) is 7.11 Å². The van der Waals surface area contributed by atoms with Crippen LogP contribution in [0.1, 0.15) is 44.2 Å². The fourth-order valence-electron chi connectivity index (χ4n) is 2.71. The highest BCUT2D eigenvalue weighted by atomic mass is 16.5. The van der Waals surface area contributed by atoms with E-state index in [-0.39, 0.29) is 18.2 Å². The first-order valence-corrected chi connectivity index (χ1v) is 9.17. The van der Waals surface area contributed by atoms with Crippen LogP contribution >= 0.6 is 0 Å². The molecule has 2 amide bonds. The van der Waals surface area contributed by atoms with Crippen molar-refractivity contribution in [3.8, 4) is 5.75 Å². The van der Waals surface area contributed by atoms with Gasteiger partial charge in [0.15, 0.2) is 0 Å². The molecule has 2 aromatic carbocycles. The lowest BCUT2D eigenvalue weighted by molar-refractivity contribution is -0.129. The average Bonchev–Trinajstić information content (AvgIpc) is 2.65. The molecular weight excluding hydrogens is 340 g/mol. The zero-order valence-electron chi connectivity index (χ0n) is 16.5. The Balaban J connectivity index is 1.88. The topological polar surface area (TPSA) is 58.6 Å². The van der Waals surface area contributed by atoms with Gasteiger partial charge in [-0.05, 0) is 41.3 Å². The number of hydrogen-bond donors (Lipinski definition) is 1. The third-order valence-corrected chi connectivity index (χ3v) is 4.45. The molecule has 0 aliphatic carbocycles. The van der Waals surface area contributed by atoms with Crippen LogP contribution in [0.4, 0.5) is 5.69 Å². The van der Waals surface area contributed by atoms with Crippen molar-refractivity contribution in [2.75, 3.05) is 19.0 Å². The second kappa shape index (κ2) is 9.76. The smallest absolute Gasteiger partial charge is 0.226 e. The minimum Gasteiger partial charge on any atom is -0.497 e. The first-order valence-electron chi connectivity index (χ1n) is 9.17. The lowest BCUT2D eigenvalue weighted by Crippen LogP contribution is -2.31. The largest absolute Gasteiger partial charge is 0.497 e. The zero-order valence-corrected chi connectivity index (χ0v) is 16.5. The van der Waals surface area contributed by atoms with Gasteiger partial charge < -0.3 is 15.0 Å². The van der Waals surface area contributed by atoms with Crippen LogP contribution < -0.4 is 10.1 Å². The maximum Gasteiger partial charge on any atom is 0.226 e. The maximum absolute atomic E-state index is 12.2. The SMILES string of the molecule is COc1ccc(CN(CCC(=O)Nc2ccc(C(C)C)cc2)C(C)=O)cc1. The number of carbonyl (C=O) groups excluding carboxylic acids is 2. The van der Waals surface area contributed by atoms with E-state index in [9.17, 15) is 9.59 Å². The Bertz CT molecular complexity index is 752. The molecule has 0 aliphatic heterocycles. The van der Waals surface area contributed by atoms with Gasteiger partial charge in [0.25, 0.3) is 0 Å². The molecule has 2 rings (SSSR count). The summed E-state index contributed by atoms with van der Waals surface area (Å²) in [6.07, 6.45) is 0.252. The Labute approximate surface area is 161 Å². The Morgan fingerprint density at radius 1 is 1.04 bits per heavy atom. The monoisotopic (exact) mass is 368 g/mol. The molecule has 0 fully saturated rings. The van der Waals surface area contributed by atoms with Crippen molar-refractivity contribution >= 4 is 17.5 Å². The minimum absolute atomic E-state index is 0.0556. The van der Waals surface area contributed by atoms with Crippen molar-refractivity contribution < 1.29 is 14.3 Å². The molecule has 5 heteroatoms. The first-order chi connectivity index (χ1) is 12.9. The highest BCUT2D eigenvalue weighted by molar-refractivity contribution is 5.91. The number of hydrogen-bond acceptors (Lipinski definition) is 3. The zero-order chi connectivity index (χ0) is 19.8. The van der Waals surface area contributed by atoms with Crippen molar-refractivity contribution in [3.05, 3.63) is 59.7 Å². The quantitative estimate of drug-likeness (QED) is 0.760. The Morgan fingerprint density at radius 3 is 2.19 bits per heavy atom. The van der Waals surface area contributed by atoms with E-state index in [1.807, 2.05) is 48.5 Å². The summed E-state index contributed by atoms with van der Waals surface area (Å²) in [6.45, 7) is 6.62.